The van der Waals surface area contributed by atoms with E-state index in [0.717, 1.165) is 19.3 Å². The van der Waals surface area contributed by atoms with Gasteiger partial charge in [0.25, 0.3) is 0 Å². The predicted molar refractivity (Wildman–Crippen MR) is 98.5 cm³/mol. The molecule has 1 aliphatic rings. The van der Waals surface area contributed by atoms with Crippen LogP contribution in [0.3, 0.4) is 0 Å². The predicted octanol–water partition coefficient (Wildman–Crippen LogP) is 5.19. The third-order valence-electron chi connectivity index (χ3n) is 4.89. The van der Waals surface area contributed by atoms with E-state index in [0.29, 0.717) is 0 Å². The molecule has 2 aromatic carbocycles. The second kappa shape index (κ2) is 7.04. The normalized spacial score (nSPS) is 17.7. The summed E-state index contributed by atoms with van der Waals surface area (Å²) in [6, 6.07) is 17.3. The lowest BCUT2D eigenvalue weighted by molar-refractivity contribution is -0.145. The highest BCUT2D eigenvalue weighted by atomic mass is 16.5. The molecular formula is C22H24O2. The minimum absolute atomic E-state index is 0.0412. The van der Waals surface area contributed by atoms with Gasteiger partial charge in [0.15, 0.2) is 0 Å². The lowest BCUT2D eigenvalue weighted by Crippen LogP contribution is -2.20. The van der Waals surface area contributed by atoms with Gasteiger partial charge in [0.05, 0.1) is 13.0 Å². The van der Waals surface area contributed by atoms with E-state index in [1.54, 1.807) is 0 Å². The van der Waals surface area contributed by atoms with Gasteiger partial charge in [0.2, 0.25) is 0 Å². The fourth-order valence-electron chi connectivity index (χ4n) is 3.43. The van der Waals surface area contributed by atoms with Crippen molar-refractivity contribution in [3.05, 3.63) is 70.8 Å². The Hall–Kier alpha value is -2.35. The Morgan fingerprint density at radius 3 is 1.88 bits per heavy atom. The molecule has 0 spiro atoms. The van der Waals surface area contributed by atoms with Crippen LogP contribution in [0.15, 0.2) is 48.5 Å². The van der Waals surface area contributed by atoms with Crippen molar-refractivity contribution in [2.45, 2.75) is 33.1 Å². The van der Waals surface area contributed by atoms with Crippen LogP contribution >= 0.6 is 0 Å². The van der Waals surface area contributed by atoms with Gasteiger partial charge in [-0.2, -0.15) is 0 Å². The summed E-state index contributed by atoms with van der Waals surface area (Å²) < 4.78 is 4.99. The first-order chi connectivity index (χ1) is 11.6. The van der Waals surface area contributed by atoms with Gasteiger partial charge in [-0.25, -0.2) is 0 Å². The van der Waals surface area contributed by atoms with Crippen LogP contribution in [-0.2, 0) is 9.53 Å². The molecule has 0 aliphatic heterocycles. The summed E-state index contributed by atoms with van der Waals surface area (Å²) in [5, 5.41) is 0. The maximum Gasteiger partial charge on any atom is 0.309 e. The molecule has 24 heavy (non-hydrogen) atoms. The molecule has 0 fully saturated rings. The third kappa shape index (κ3) is 3.43. The first-order valence-corrected chi connectivity index (χ1v) is 8.52. The first kappa shape index (κ1) is 16.5. The number of aryl methyl sites for hydroxylation is 2. The largest absolute Gasteiger partial charge is 0.469 e. The highest BCUT2D eigenvalue weighted by Crippen LogP contribution is 2.41. The average molecular weight is 320 g/mol. The zero-order chi connectivity index (χ0) is 17.1. The monoisotopic (exact) mass is 320 g/mol. The van der Waals surface area contributed by atoms with Gasteiger partial charge in [-0.05, 0) is 55.4 Å². The average Bonchev–Trinajstić information content (AvgIpc) is 2.62. The molecule has 2 heteroatoms. The lowest BCUT2D eigenvalue weighted by atomic mass is 9.78. The standard InChI is InChI=1S/C22H24O2/c1-15-4-8-17(9-5-15)20-13-12-19(22(23)24-3)14-21(20)18-10-6-16(2)7-11-18/h4-11,19H,12-14H2,1-3H3. The molecule has 1 atom stereocenters. The van der Waals surface area contributed by atoms with Crippen molar-refractivity contribution in [1.29, 1.82) is 0 Å². The SMILES string of the molecule is COC(=O)C1CCC(c2ccc(C)cc2)=C(c2ccc(C)cc2)C1. The van der Waals surface area contributed by atoms with E-state index in [1.807, 2.05) is 0 Å². The van der Waals surface area contributed by atoms with Crippen LogP contribution in [0.2, 0.25) is 0 Å². The van der Waals surface area contributed by atoms with Gasteiger partial charge in [0, 0.05) is 0 Å². The maximum atomic E-state index is 12.0. The van der Waals surface area contributed by atoms with E-state index >= 15 is 0 Å². The summed E-state index contributed by atoms with van der Waals surface area (Å²) in [6.45, 7) is 4.20. The van der Waals surface area contributed by atoms with Gasteiger partial charge in [0.1, 0.15) is 0 Å². The topological polar surface area (TPSA) is 26.3 Å². The minimum Gasteiger partial charge on any atom is -0.469 e. The summed E-state index contributed by atoms with van der Waals surface area (Å²) in [6.07, 6.45) is 2.51. The lowest BCUT2D eigenvalue weighted by Gasteiger charge is -2.26. The molecule has 3 rings (SSSR count). The van der Waals surface area contributed by atoms with E-state index in [-0.39, 0.29) is 11.9 Å². The molecule has 0 bridgehead atoms. The van der Waals surface area contributed by atoms with E-state index in [9.17, 15) is 4.79 Å². The van der Waals surface area contributed by atoms with Crippen LogP contribution in [0.4, 0.5) is 0 Å². The fourth-order valence-corrected chi connectivity index (χ4v) is 3.43. The Morgan fingerprint density at radius 2 is 1.38 bits per heavy atom. The fraction of sp³-hybridized carbons (Fsp3) is 0.318. The Kier molecular flexibility index (Phi) is 4.84. The summed E-state index contributed by atoms with van der Waals surface area (Å²) >= 11 is 0. The molecule has 0 saturated heterocycles. The Morgan fingerprint density at radius 1 is 0.875 bits per heavy atom. The molecule has 0 heterocycles. The molecule has 0 N–H and O–H groups in total. The molecule has 124 valence electrons. The maximum absolute atomic E-state index is 12.0. The number of allylic oxidation sites excluding steroid dienone is 2. The number of benzene rings is 2. The molecular weight excluding hydrogens is 296 g/mol. The molecule has 2 aromatic rings. The van der Waals surface area contributed by atoms with E-state index in [1.165, 1.54) is 40.5 Å². The van der Waals surface area contributed by atoms with Crippen molar-refractivity contribution in [3.8, 4) is 0 Å². The number of carbonyl (C=O) groups is 1. The number of carbonyl (C=O) groups excluding carboxylic acids is 1. The van der Waals surface area contributed by atoms with Crippen LogP contribution in [0.5, 0.6) is 0 Å². The molecule has 1 unspecified atom stereocenters. The number of methoxy groups -OCH3 is 1. The van der Waals surface area contributed by atoms with Crippen molar-refractivity contribution in [1.82, 2.24) is 0 Å². The van der Waals surface area contributed by atoms with Crippen molar-refractivity contribution >= 4 is 17.1 Å². The van der Waals surface area contributed by atoms with Crippen molar-refractivity contribution in [3.63, 3.8) is 0 Å². The molecule has 0 radical (unpaired) electrons. The van der Waals surface area contributed by atoms with Gasteiger partial charge in [-0.15, -0.1) is 0 Å². The number of ether oxygens (including phenoxy) is 1. The van der Waals surface area contributed by atoms with Gasteiger partial charge >= 0.3 is 5.97 Å². The van der Waals surface area contributed by atoms with Crippen LogP contribution in [0.25, 0.3) is 11.1 Å². The van der Waals surface area contributed by atoms with Crippen LogP contribution < -0.4 is 0 Å². The zero-order valence-electron chi connectivity index (χ0n) is 14.6. The quantitative estimate of drug-likeness (QED) is 0.728. The van der Waals surface area contributed by atoms with E-state index in [2.05, 4.69) is 62.4 Å². The van der Waals surface area contributed by atoms with E-state index in [4.69, 9.17) is 4.74 Å². The Bertz CT molecular complexity index is 752. The second-order valence-electron chi connectivity index (χ2n) is 6.65. The third-order valence-corrected chi connectivity index (χ3v) is 4.89. The van der Waals surface area contributed by atoms with Crippen molar-refractivity contribution in [2.75, 3.05) is 7.11 Å². The van der Waals surface area contributed by atoms with Crippen molar-refractivity contribution < 1.29 is 9.53 Å². The smallest absolute Gasteiger partial charge is 0.309 e. The molecule has 0 aromatic heterocycles. The number of rotatable bonds is 3. The second-order valence-corrected chi connectivity index (χ2v) is 6.65. The Balaban J connectivity index is 2.05. The summed E-state index contributed by atoms with van der Waals surface area (Å²) in [4.78, 5) is 12.0. The van der Waals surface area contributed by atoms with Crippen LogP contribution in [-0.4, -0.2) is 13.1 Å². The zero-order valence-corrected chi connectivity index (χ0v) is 14.6. The molecule has 0 amide bonds. The van der Waals surface area contributed by atoms with Crippen LogP contribution in [0.1, 0.15) is 41.5 Å². The van der Waals surface area contributed by atoms with Crippen molar-refractivity contribution in [2.24, 2.45) is 5.92 Å². The summed E-state index contributed by atoms with van der Waals surface area (Å²) in [7, 11) is 1.48. The van der Waals surface area contributed by atoms with Gasteiger partial charge < -0.3 is 4.74 Å². The van der Waals surface area contributed by atoms with Gasteiger partial charge in [-0.3, -0.25) is 4.79 Å². The summed E-state index contributed by atoms with van der Waals surface area (Å²) in [5.41, 5.74) is 7.62. The number of hydrogen-bond donors (Lipinski definition) is 0. The Labute approximate surface area is 144 Å². The molecule has 2 nitrogen and oxygen atoms in total. The highest BCUT2D eigenvalue weighted by molar-refractivity contribution is 5.93. The first-order valence-electron chi connectivity index (χ1n) is 8.52. The highest BCUT2D eigenvalue weighted by Gasteiger charge is 2.28. The molecule has 0 saturated carbocycles. The summed E-state index contributed by atoms with van der Waals surface area (Å²) in [5.74, 6) is -0.136. The number of hydrogen-bond acceptors (Lipinski definition) is 2. The minimum atomic E-state index is -0.0948. The number of esters is 1. The van der Waals surface area contributed by atoms with E-state index < -0.39 is 0 Å². The van der Waals surface area contributed by atoms with Gasteiger partial charge in [-0.1, -0.05) is 59.7 Å². The molecule has 1 aliphatic carbocycles. The van der Waals surface area contributed by atoms with Crippen LogP contribution in [0, 0.1) is 19.8 Å².